The van der Waals surface area contributed by atoms with Gasteiger partial charge in [-0.1, -0.05) is 17.7 Å². The van der Waals surface area contributed by atoms with Crippen LogP contribution in [-0.4, -0.2) is 13.0 Å². The topological polar surface area (TPSA) is 42.2 Å². The Hall–Kier alpha value is -1.77. The summed E-state index contributed by atoms with van der Waals surface area (Å²) >= 11 is 0. The third-order valence-electron chi connectivity index (χ3n) is 2.12. The monoisotopic (exact) mass is 188 g/mol. The maximum Gasteiger partial charge on any atom is 0.218 e. The summed E-state index contributed by atoms with van der Waals surface area (Å²) in [5.41, 5.74) is 3.18. The summed E-state index contributed by atoms with van der Waals surface area (Å²) in [6, 6.07) is 7.85. The summed E-state index contributed by atoms with van der Waals surface area (Å²) in [7, 11) is 0. The summed E-state index contributed by atoms with van der Waals surface area (Å²) in [6.07, 6.45) is 2.63. The van der Waals surface area contributed by atoms with E-state index in [1.165, 1.54) is 5.56 Å². The second-order valence-electron chi connectivity index (χ2n) is 3.36. The Morgan fingerprint density at radius 1 is 1.36 bits per heavy atom. The fourth-order valence-corrected chi connectivity index (χ4v) is 1.19. The maximum atomic E-state index is 10.8. The van der Waals surface area contributed by atoms with Gasteiger partial charge in [0.05, 0.1) is 6.54 Å². The number of carbonyl (C=O) groups excluding carboxylic acids is 1. The summed E-state index contributed by atoms with van der Waals surface area (Å²) < 4.78 is 0. The standard InChI is InChI=1S/C11H12N2O/c1-9-2-4-11(5-3-9)13(8-14)7-10-6-12-10/h2-5,7-8,12H,6H2,1H3. The lowest BCUT2D eigenvalue weighted by Crippen LogP contribution is -2.12. The lowest BCUT2D eigenvalue weighted by molar-refractivity contribution is -0.106. The van der Waals surface area contributed by atoms with E-state index in [9.17, 15) is 4.79 Å². The fraction of sp³-hybridized carbons (Fsp3) is 0.182. The van der Waals surface area contributed by atoms with Gasteiger partial charge in [0.2, 0.25) is 6.41 Å². The van der Waals surface area contributed by atoms with Crippen LogP contribution in [-0.2, 0) is 4.79 Å². The van der Waals surface area contributed by atoms with Crippen LogP contribution in [0.4, 0.5) is 5.69 Å². The number of hydrogen-bond donors (Lipinski definition) is 1. The molecule has 14 heavy (non-hydrogen) atoms. The maximum absolute atomic E-state index is 10.8. The van der Waals surface area contributed by atoms with E-state index in [2.05, 4.69) is 5.32 Å². The van der Waals surface area contributed by atoms with Crippen molar-refractivity contribution in [3.63, 3.8) is 0 Å². The molecule has 1 aliphatic rings. The highest BCUT2D eigenvalue weighted by Gasteiger charge is 2.11. The Morgan fingerprint density at radius 2 is 2.00 bits per heavy atom. The van der Waals surface area contributed by atoms with E-state index < -0.39 is 0 Å². The Bertz CT molecular complexity index is 361. The number of aryl methyl sites for hydroxylation is 1. The van der Waals surface area contributed by atoms with Crippen molar-refractivity contribution >= 4 is 12.1 Å². The Balaban J connectivity index is 2.22. The zero-order valence-corrected chi connectivity index (χ0v) is 8.03. The summed E-state index contributed by atoms with van der Waals surface area (Å²) in [4.78, 5) is 12.4. The van der Waals surface area contributed by atoms with E-state index >= 15 is 0 Å². The second kappa shape index (κ2) is 3.54. The van der Waals surface area contributed by atoms with Crippen molar-refractivity contribution in [2.45, 2.75) is 6.92 Å². The number of rotatable bonds is 3. The fourth-order valence-electron chi connectivity index (χ4n) is 1.19. The SMILES string of the molecule is Cc1ccc(N(C=O)C=C2CN2)cc1. The van der Waals surface area contributed by atoms with Crippen LogP contribution < -0.4 is 10.2 Å². The quantitative estimate of drug-likeness (QED) is 0.575. The molecule has 1 aromatic rings. The highest BCUT2D eigenvalue weighted by molar-refractivity contribution is 5.78. The largest absolute Gasteiger partial charge is 0.380 e. The average Bonchev–Trinajstić information content (AvgIpc) is 3.00. The molecule has 1 heterocycles. The number of nitrogens with one attached hydrogen (secondary N) is 1. The summed E-state index contributed by atoms with van der Waals surface area (Å²) in [6.45, 7) is 2.91. The molecule has 0 atom stereocenters. The van der Waals surface area contributed by atoms with Crippen molar-refractivity contribution in [3.05, 3.63) is 41.7 Å². The van der Waals surface area contributed by atoms with E-state index in [4.69, 9.17) is 0 Å². The number of benzene rings is 1. The van der Waals surface area contributed by atoms with Gasteiger partial charge in [0.15, 0.2) is 0 Å². The first-order valence-electron chi connectivity index (χ1n) is 4.54. The summed E-state index contributed by atoms with van der Waals surface area (Å²) in [5, 5.41) is 3.04. The van der Waals surface area contributed by atoms with E-state index in [1.54, 1.807) is 4.90 Å². The van der Waals surface area contributed by atoms with Crippen molar-refractivity contribution in [2.75, 3.05) is 11.4 Å². The van der Waals surface area contributed by atoms with E-state index in [1.807, 2.05) is 37.4 Å². The van der Waals surface area contributed by atoms with Gasteiger partial charge < -0.3 is 5.32 Å². The molecule has 1 N–H and O–H groups in total. The Labute approximate surface area is 83.0 Å². The van der Waals surface area contributed by atoms with Crippen LogP contribution in [0.5, 0.6) is 0 Å². The zero-order valence-electron chi connectivity index (χ0n) is 8.03. The molecule has 72 valence electrons. The van der Waals surface area contributed by atoms with Crippen molar-refractivity contribution in [1.29, 1.82) is 0 Å². The number of anilines is 1. The van der Waals surface area contributed by atoms with Crippen LogP contribution in [0.2, 0.25) is 0 Å². The van der Waals surface area contributed by atoms with Gasteiger partial charge in [-0.05, 0) is 19.1 Å². The predicted molar refractivity (Wildman–Crippen MR) is 55.8 cm³/mol. The normalized spacial score (nSPS) is 16.2. The number of nitrogens with zero attached hydrogens (tertiary/aromatic N) is 1. The molecule has 0 radical (unpaired) electrons. The molecule has 1 amide bonds. The van der Waals surface area contributed by atoms with Crippen molar-refractivity contribution in [2.24, 2.45) is 0 Å². The van der Waals surface area contributed by atoms with Crippen LogP contribution in [0.3, 0.4) is 0 Å². The van der Waals surface area contributed by atoms with Crippen LogP contribution in [0.25, 0.3) is 0 Å². The highest BCUT2D eigenvalue weighted by Crippen LogP contribution is 2.16. The first-order valence-corrected chi connectivity index (χ1v) is 4.54. The summed E-state index contributed by atoms with van der Waals surface area (Å²) in [5.74, 6) is 0. The predicted octanol–water partition coefficient (Wildman–Crippen LogP) is 1.40. The van der Waals surface area contributed by atoms with Gasteiger partial charge in [0.25, 0.3) is 0 Å². The molecule has 0 aromatic heterocycles. The van der Waals surface area contributed by atoms with Gasteiger partial charge >= 0.3 is 0 Å². The van der Waals surface area contributed by atoms with Crippen LogP contribution in [0, 0.1) is 6.92 Å². The minimum Gasteiger partial charge on any atom is -0.380 e. The molecular formula is C11H12N2O. The molecule has 0 saturated carbocycles. The molecule has 2 rings (SSSR count). The van der Waals surface area contributed by atoms with Gasteiger partial charge in [-0.15, -0.1) is 0 Å². The molecule has 1 fully saturated rings. The third kappa shape index (κ3) is 1.93. The van der Waals surface area contributed by atoms with Gasteiger partial charge in [-0.3, -0.25) is 9.69 Å². The van der Waals surface area contributed by atoms with Crippen molar-refractivity contribution < 1.29 is 4.79 Å². The molecule has 0 aliphatic carbocycles. The molecule has 0 bridgehead atoms. The minimum absolute atomic E-state index is 0.817. The number of amides is 1. The molecule has 3 heteroatoms. The second-order valence-corrected chi connectivity index (χ2v) is 3.36. The first-order chi connectivity index (χ1) is 6.79. The number of carbonyl (C=O) groups is 1. The van der Waals surface area contributed by atoms with Gasteiger partial charge in [0, 0.05) is 17.6 Å². The lowest BCUT2D eigenvalue weighted by Gasteiger charge is -2.11. The molecule has 1 saturated heterocycles. The lowest BCUT2D eigenvalue weighted by atomic mass is 10.2. The molecular weight excluding hydrogens is 176 g/mol. The molecule has 1 aliphatic heterocycles. The zero-order chi connectivity index (χ0) is 9.97. The molecule has 0 spiro atoms. The van der Waals surface area contributed by atoms with Gasteiger partial charge in [-0.25, -0.2) is 0 Å². The smallest absolute Gasteiger partial charge is 0.218 e. The van der Waals surface area contributed by atoms with E-state index in [0.29, 0.717) is 0 Å². The molecule has 1 aromatic carbocycles. The first kappa shape index (κ1) is 8.81. The van der Waals surface area contributed by atoms with E-state index in [0.717, 1.165) is 24.3 Å². The average molecular weight is 188 g/mol. The van der Waals surface area contributed by atoms with E-state index in [-0.39, 0.29) is 0 Å². The third-order valence-corrected chi connectivity index (χ3v) is 2.12. The van der Waals surface area contributed by atoms with Crippen LogP contribution >= 0.6 is 0 Å². The minimum atomic E-state index is 0.817. The van der Waals surface area contributed by atoms with Gasteiger partial charge in [-0.2, -0.15) is 0 Å². The Kier molecular flexibility index (Phi) is 2.23. The molecule has 0 unspecified atom stereocenters. The number of hydrogen-bond acceptors (Lipinski definition) is 2. The van der Waals surface area contributed by atoms with Crippen molar-refractivity contribution in [1.82, 2.24) is 5.32 Å². The van der Waals surface area contributed by atoms with Crippen molar-refractivity contribution in [3.8, 4) is 0 Å². The van der Waals surface area contributed by atoms with Crippen LogP contribution in [0.1, 0.15) is 5.56 Å². The van der Waals surface area contributed by atoms with Crippen LogP contribution in [0.15, 0.2) is 36.2 Å². The van der Waals surface area contributed by atoms with Gasteiger partial charge in [0.1, 0.15) is 0 Å². The highest BCUT2D eigenvalue weighted by atomic mass is 16.1. The molecule has 3 nitrogen and oxygen atoms in total. The Morgan fingerprint density at radius 3 is 2.50 bits per heavy atom.